The van der Waals surface area contributed by atoms with Crippen molar-refractivity contribution in [1.29, 1.82) is 0 Å². The molecular weight excluding hydrogens is 238 g/mol. The molecule has 6 heteroatoms. The molecule has 86 valence electrons. The van der Waals surface area contributed by atoms with E-state index in [9.17, 15) is 4.79 Å². The van der Waals surface area contributed by atoms with E-state index in [0.717, 1.165) is 10.7 Å². The zero-order valence-corrected chi connectivity index (χ0v) is 9.58. The first kappa shape index (κ1) is 10.1. The minimum atomic E-state index is -0.433. The van der Waals surface area contributed by atoms with E-state index in [0.29, 0.717) is 17.6 Å². The van der Waals surface area contributed by atoms with Crippen LogP contribution in [0.15, 0.2) is 39.0 Å². The molecule has 3 aromatic rings. The Balaban J connectivity index is 1.83. The summed E-state index contributed by atoms with van der Waals surface area (Å²) < 4.78 is 4.92. The largest absolute Gasteiger partial charge is 0.417 e. The molecule has 0 amide bonds. The van der Waals surface area contributed by atoms with Gasteiger partial charge in [0, 0.05) is 17.3 Å². The van der Waals surface area contributed by atoms with Crippen molar-refractivity contribution in [2.75, 3.05) is 5.32 Å². The molecular formula is C11H9N3O2S. The third kappa shape index (κ3) is 2.07. The molecule has 17 heavy (non-hydrogen) atoms. The number of hydrogen-bond donors (Lipinski definition) is 2. The summed E-state index contributed by atoms with van der Waals surface area (Å²) in [6, 6.07) is 5.47. The molecule has 0 aliphatic heterocycles. The summed E-state index contributed by atoms with van der Waals surface area (Å²) in [6.45, 7) is 0.672. The van der Waals surface area contributed by atoms with Gasteiger partial charge >= 0.3 is 5.76 Å². The molecule has 1 aromatic carbocycles. The minimum absolute atomic E-state index is 0.433. The lowest BCUT2D eigenvalue weighted by molar-refractivity contribution is 0.555. The summed E-state index contributed by atoms with van der Waals surface area (Å²) >= 11 is 1.60. The second-order valence-corrected chi connectivity index (χ2v) is 4.48. The van der Waals surface area contributed by atoms with Crippen molar-refractivity contribution in [2.24, 2.45) is 0 Å². The molecule has 0 radical (unpaired) electrons. The van der Waals surface area contributed by atoms with Crippen molar-refractivity contribution in [2.45, 2.75) is 6.54 Å². The zero-order valence-electron chi connectivity index (χ0n) is 8.77. The zero-order chi connectivity index (χ0) is 11.7. The lowest BCUT2D eigenvalue weighted by atomic mass is 10.3. The number of H-pyrrole nitrogens is 1. The molecule has 3 rings (SSSR count). The number of fused-ring (bicyclic) bond motifs is 1. The van der Waals surface area contributed by atoms with Gasteiger partial charge in [0.2, 0.25) is 0 Å². The number of oxazole rings is 1. The summed E-state index contributed by atoms with van der Waals surface area (Å²) in [5.41, 5.74) is 2.18. The standard InChI is InChI=1S/C11H9N3O2S/c15-11-14-8-5-7(1-2-9(8)16-11)13-6-10-12-3-4-17-10/h1-5,13H,6H2,(H,14,15). The number of rotatable bonds is 3. The monoisotopic (exact) mass is 247 g/mol. The molecule has 0 unspecified atom stereocenters. The predicted octanol–water partition coefficient (Wildman–Crippen LogP) is 2.19. The molecule has 0 aliphatic rings. The summed E-state index contributed by atoms with van der Waals surface area (Å²) in [5.74, 6) is -0.433. The molecule has 2 aromatic heterocycles. The smallest absolute Gasteiger partial charge is 0.408 e. The highest BCUT2D eigenvalue weighted by Gasteiger charge is 2.02. The van der Waals surface area contributed by atoms with Crippen LogP contribution in [0.4, 0.5) is 5.69 Å². The molecule has 0 atom stereocenters. The highest BCUT2D eigenvalue weighted by Crippen LogP contribution is 2.17. The van der Waals surface area contributed by atoms with E-state index in [-0.39, 0.29) is 0 Å². The Kier molecular flexibility index (Phi) is 2.41. The van der Waals surface area contributed by atoms with Gasteiger partial charge in [0.25, 0.3) is 0 Å². The first-order valence-corrected chi connectivity index (χ1v) is 5.94. The van der Waals surface area contributed by atoms with Crippen LogP contribution in [0.2, 0.25) is 0 Å². The van der Waals surface area contributed by atoms with Crippen LogP contribution in [0, 0.1) is 0 Å². The van der Waals surface area contributed by atoms with Gasteiger partial charge < -0.3 is 9.73 Å². The van der Waals surface area contributed by atoms with Crippen molar-refractivity contribution in [1.82, 2.24) is 9.97 Å². The highest BCUT2D eigenvalue weighted by atomic mass is 32.1. The summed E-state index contributed by atoms with van der Waals surface area (Å²) in [6.07, 6.45) is 1.78. The average molecular weight is 247 g/mol. The lowest BCUT2D eigenvalue weighted by Gasteiger charge is -2.03. The van der Waals surface area contributed by atoms with Gasteiger partial charge in [-0.15, -0.1) is 11.3 Å². The van der Waals surface area contributed by atoms with Gasteiger partial charge in [-0.2, -0.15) is 0 Å². The van der Waals surface area contributed by atoms with Gasteiger partial charge in [-0.05, 0) is 18.2 Å². The number of hydrogen-bond acceptors (Lipinski definition) is 5. The first-order valence-electron chi connectivity index (χ1n) is 5.06. The van der Waals surface area contributed by atoms with Crippen molar-refractivity contribution in [3.8, 4) is 0 Å². The Morgan fingerprint density at radius 3 is 3.24 bits per heavy atom. The number of nitrogens with zero attached hydrogens (tertiary/aromatic N) is 1. The lowest BCUT2D eigenvalue weighted by Crippen LogP contribution is -1.98. The molecule has 2 N–H and O–H groups in total. The number of thiazole rings is 1. The van der Waals surface area contributed by atoms with Gasteiger partial charge in [0.1, 0.15) is 5.01 Å². The topological polar surface area (TPSA) is 70.9 Å². The number of aromatic amines is 1. The van der Waals surface area contributed by atoms with Crippen LogP contribution in [0.3, 0.4) is 0 Å². The van der Waals surface area contributed by atoms with Crippen LogP contribution in [0.5, 0.6) is 0 Å². The molecule has 2 heterocycles. The number of benzene rings is 1. The average Bonchev–Trinajstić information content (AvgIpc) is 2.92. The summed E-state index contributed by atoms with van der Waals surface area (Å²) in [5, 5.41) is 6.19. The molecule has 0 saturated heterocycles. The number of aromatic nitrogens is 2. The Bertz CT molecular complexity index is 684. The van der Waals surface area contributed by atoms with Crippen LogP contribution in [0.25, 0.3) is 11.1 Å². The van der Waals surface area contributed by atoms with Gasteiger partial charge in [0.15, 0.2) is 5.58 Å². The second-order valence-electron chi connectivity index (χ2n) is 3.50. The summed E-state index contributed by atoms with van der Waals surface area (Å²) in [7, 11) is 0. The molecule has 5 nitrogen and oxygen atoms in total. The van der Waals surface area contributed by atoms with Crippen LogP contribution >= 0.6 is 11.3 Å². The maximum atomic E-state index is 11.0. The summed E-state index contributed by atoms with van der Waals surface area (Å²) in [4.78, 5) is 17.8. The van der Waals surface area contributed by atoms with E-state index in [1.165, 1.54) is 0 Å². The SMILES string of the molecule is O=c1[nH]c2cc(NCc3nccs3)ccc2o1. The van der Waals surface area contributed by atoms with E-state index in [1.54, 1.807) is 23.6 Å². The number of anilines is 1. The van der Waals surface area contributed by atoms with E-state index in [2.05, 4.69) is 15.3 Å². The van der Waals surface area contributed by atoms with Crippen LogP contribution < -0.4 is 11.1 Å². The maximum Gasteiger partial charge on any atom is 0.417 e. The van der Waals surface area contributed by atoms with Crippen molar-refractivity contribution >= 4 is 28.1 Å². The minimum Gasteiger partial charge on any atom is -0.408 e. The Morgan fingerprint density at radius 1 is 1.47 bits per heavy atom. The fourth-order valence-corrected chi connectivity index (χ4v) is 2.14. The van der Waals surface area contributed by atoms with Crippen LogP contribution in [-0.2, 0) is 6.54 Å². The predicted molar refractivity (Wildman–Crippen MR) is 66.3 cm³/mol. The van der Waals surface area contributed by atoms with Gasteiger partial charge in [-0.25, -0.2) is 9.78 Å². The Morgan fingerprint density at radius 2 is 2.41 bits per heavy atom. The molecule has 0 aliphatic carbocycles. The van der Waals surface area contributed by atoms with Crippen molar-refractivity contribution in [3.63, 3.8) is 0 Å². The molecule has 0 spiro atoms. The Labute approximate surface area is 100 Å². The third-order valence-corrected chi connectivity index (χ3v) is 3.13. The van der Waals surface area contributed by atoms with E-state index in [1.807, 2.05) is 17.5 Å². The van der Waals surface area contributed by atoms with E-state index in [4.69, 9.17) is 4.42 Å². The third-order valence-electron chi connectivity index (χ3n) is 2.35. The fourth-order valence-electron chi connectivity index (χ4n) is 1.58. The number of nitrogens with one attached hydrogen (secondary N) is 2. The fraction of sp³-hybridized carbons (Fsp3) is 0.0909. The van der Waals surface area contributed by atoms with Gasteiger partial charge in [-0.1, -0.05) is 0 Å². The maximum absolute atomic E-state index is 11.0. The normalized spacial score (nSPS) is 10.8. The van der Waals surface area contributed by atoms with Crippen molar-refractivity contribution in [3.05, 3.63) is 45.3 Å². The van der Waals surface area contributed by atoms with Crippen LogP contribution in [0.1, 0.15) is 5.01 Å². The van der Waals surface area contributed by atoms with Crippen molar-refractivity contribution < 1.29 is 4.42 Å². The van der Waals surface area contributed by atoms with E-state index >= 15 is 0 Å². The van der Waals surface area contributed by atoms with Crippen LogP contribution in [-0.4, -0.2) is 9.97 Å². The van der Waals surface area contributed by atoms with Gasteiger partial charge in [0.05, 0.1) is 12.1 Å². The van der Waals surface area contributed by atoms with Gasteiger partial charge in [-0.3, -0.25) is 4.98 Å². The first-order chi connectivity index (χ1) is 8.31. The molecule has 0 fully saturated rings. The molecule has 0 saturated carbocycles. The quantitative estimate of drug-likeness (QED) is 0.744. The second kappa shape index (κ2) is 4.06. The Hall–Kier alpha value is -2.08. The van der Waals surface area contributed by atoms with E-state index < -0.39 is 5.76 Å². The highest BCUT2D eigenvalue weighted by molar-refractivity contribution is 7.09. The molecule has 0 bridgehead atoms.